The van der Waals surface area contributed by atoms with Crippen LogP contribution in [0.3, 0.4) is 0 Å². The molecule has 0 aromatic rings. The largest absolute Gasteiger partial charge is 0.402 e. The van der Waals surface area contributed by atoms with E-state index in [1.54, 1.807) is 0 Å². The second-order valence-electron chi connectivity index (χ2n) is 6.55. The van der Waals surface area contributed by atoms with Crippen molar-refractivity contribution in [3.8, 4) is 0 Å². The van der Waals surface area contributed by atoms with Gasteiger partial charge in [-0.1, -0.05) is 13.8 Å². The summed E-state index contributed by atoms with van der Waals surface area (Å²) in [6, 6.07) is 0. The standard InChI is InChI=1S/C14H20F8/c1-4-10-6-9(5-8(2)12(10,15)16)7-11(3,13(17,18)19)14(20,21)22/h8-10H,4-7H2,1-3H3. The lowest BCUT2D eigenvalue weighted by atomic mass is 9.67. The van der Waals surface area contributed by atoms with Gasteiger partial charge in [-0.15, -0.1) is 0 Å². The molecular formula is C14H20F8. The summed E-state index contributed by atoms with van der Waals surface area (Å²) >= 11 is 0. The molecule has 1 aliphatic carbocycles. The predicted molar refractivity (Wildman–Crippen MR) is 65.5 cm³/mol. The lowest BCUT2D eigenvalue weighted by molar-refractivity contribution is -0.341. The summed E-state index contributed by atoms with van der Waals surface area (Å²) < 4.78 is 105. The van der Waals surface area contributed by atoms with Crippen LogP contribution in [0, 0.1) is 23.2 Å². The molecule has 3 atom stereocenters. The minimum Gasteiger partial charge on any atom is -0.206 e. The summed E-state index contributed by atoms with van der Waals surface area (Å²) in [4.78, 5) is 0. The van der Waals surface area contributed by atoms with Gasteiger partial charge >= 0.3 is 12.4 Å². The van der Waals surface area contributed by atoms with Gasteiger partial charge in [0.25, 0.3) is 5.92 Å². The molecule has 0 amide bonds. The summed E-state index contributed by atoms with van der Waals surface area (Å²) in [6.07, 6.45) is -12.7. The number of halogens is 8. The van der Waals surface area contributed by atoms with Crippen LogP contribution < -0.4 is 0 Å². The van der Waals surface area contributed by atoms with Crippen LogP contribution >= 0.6 is 0 Å². The third-order valence-electron chi connectivity index (χ3n) is 4.95. The summed E-state index contributed by atoms with van der Waals surface area (Å²) in [5.41, 5.74) is -3.87. The van der Waals surface area contributed by atoms with Crippen LogP contribution in [0.15, 0.2) is 0 Å². The Kier molecular flexibility index (Phi) is 5.15. The van der Waals surface area contributed by atoms with Crippen molar-refractivity contribution in [2.45, 2.75) is 64.7 Å². The van der Waals surface area contributed by atoms with Gasteiger partial charge in [-0.25, -0.2) is 8.78 Å². The minimum atomic E-state index is -5.46. The van der Waals surface area contributed by atoms with Crippen LogP contribution in [0.5, 0.6) is 0 Å². The molecule has 1 fully saturated rings. The lowest BCUT2D eigenvalue weighted by Gasteiger charge is -2.44. The Bertz CT molecular complexity index is 367. The Hall–Kier alpha value is -0.560. The van der Waals surface area contributed by atoms with Gasteiger partial charge in [-0.3, -0.25) is 0 Å². The topological polar surface area (TPSA) is 0 Å². The van der Waals surface area contributed by atoms with Crippen LogP contribution in [0.25, 0.3) is 0 Å². The van der Waals surface area contributed by atoms with Crippen molar-refractivity contribution >= 4 is 0 Å². The maximum absolute atomic E-state index is 13.9. The summed E-state index contributed by atoms with van der Waals surface area (Å²) in [7, 11) is 0. The zero-order valence-electron chi connectivity index (χ0n) is 12.6. The molecule has 1 aliphatic rings. The highest BCUT2D eigenvalue weighted by molar-refractivity contribution is 4.96. The fraction of sp³-hybridized carbons (Fsp3) is 1.00. The molecule has 0 radical (unpaired) electrons. The molecule has 3 unspecified atom stereocenters. The van der Waals surface area contributed by atoms with Crippen LogP contribution in [0.2, 0.25) is 0 Å². The van der Waals surface area contributed by atoms with E-state index in [1.807, 2.05) is 0 Å². The van der Waals surface area contributed by atoms with Crippen molar-refractivity contribution in [2.24, 2.45) is 23.2 Å². The Morgan fingerprint density at radius 1 is 0.955 bits per heavy atom. The highest BCUT2D eigenvalue weighted by atomic mass is 19.4. The first kappa shape index (κ1) is 19.5. The second-order valence-corrected chi connectivity index (χ2v) is 6.55. The number of rotatable bonds is 3. The number of alkyl halides is 8. The van der Waals surface area contributed by atoms with E-state index in [9.17, 15) is 35.1 Å². The molecule has 8 heteroatoms. The number of hydrogen-bond donors (Lipinski definition) is 0. The van der Waals surface area contributed by atoms with Gasteiger partial charge in [0.1, 0.15) is 0 Å². The third kappa shape index (κ3) is 3.35. The molecule has 0 spiro atoms. The zero-order valence-corrected chi connectivity index (χ0v) is 12.6. The van der Waals surface area contributed by atoms with Crippen molar-refractivity contribution < 1.29 is 35.1 Å². The van der Waals surface area contributed by atoms with E-state index in [1.165, 1.54) is 13.8 Å². The van der Waals surface area contributed by atoms with E-state index in [-0.39, 0.29) is 26.2 Å². The Morgan fingerprint density at radius 2 is 1.41 bits per heavy atom. The first-order valence-corrected chi connectivity index (χ1v) is 7.18. The highest BCUT2D eigenvalue weighted by Gasteiger charge is 2.68. The average Bonchev–Trinajstić information content (AvgIpc) is 2.30. The fourth-order valence-electron chi connectivity index (χ4n) is 3.29. The first-order chi connectivity index (χ1) is 9.66. The minimum absolute atomic E-state index is 0.0303. The molecule has 0 nitrogen and oxygen atoms in total. The van der Waals surface area contributed by atoms with Crippen LogP contribution in [-0.4, -0.2) is 18.3 Å². The van der Waals surface area contributed by atoms with Crippen LogP contribution in [0.4, 0.5) is 35.1 Å². The molecule has 132 valence electrons. The monoisotopic (exact) mass is 340 g/mol. The van der Waals surface area contributed by atoms with Gasteiger partial charge in [-0.05, 0) is 38.5 Å². The van der Waals surface area contributed by atoms with Crippen LogP contribution in [0.1, 0.15) is 46.5 Å². The summed E-state index contributed by atoms with van der Waals surface area (Å²) in [5.74, 6) is -6.46. The van der Waals surface area contributed by atoms with Crippen molar-refractivity contribution in [2.75, 3.05) is 0 Å². The normalized spacial score (nSPS) is 30.4. The van der Waals surface area contributed by atoms with Gasteiger partial charge in [-0.2, -0.15) is 26.3 Å². The van der Waals surface area contributed by atoms with Gasteiger partial charge in [0.05, 0.1) is 0 Å². The fourth-order valence-corrected chi connectivity index (χ4v) is 3.29. The van der Waals surface area contributed by atoms with Crippen molar-refractivity contribution in [1.29, 1.82) is 0 Å². The van der Waals surface area contributed by atoms with E-state index in [4.69, 9.17) is 0 Å². The molecule has 0 aromatic carbocycles. The molecule has 0 aromatic heterocycles. The van der Waals surface area contributed by atoms with E-state index in [0.717, 1.165) is 0 Å². The second kappa shape index (κ2) is 5.82. The van der Waals surface area contributed by atoms with E-state index in [2.05, 4.69) is 0 Å². The zero-order chi connectivity index (χ0) is 17.6. The molecule has 1 saturated carbocycles. The summed E-state index contributed by atoms with van der Waals surface area (Å²) in [6.45, 7) is 2.78. The maximum atomic E-state index is 13.9. The molecule has 0 saturated heterocycles. The van der Waals surface area contributed by atoms with E-state index < -0.39 is 47.9 Å². The van der Waals surface area contributed by atoms with Crippen molar-refractivity contribution in [1.82, 2.24) is 0 Å². The third-order valence-corrected chi connectivity index (χ3v) is 4.95. The van der Waals surface area contributed by atoms with E-state index in [0.29, 0.717) is 0 Å². The van der Waals surface area contributed by atoms with Crippen molar-refractivity contribution in [3.05, 3.63) is 0 Å². The van der Waals surface area contributed by atoms with Gasteiger partial charge in [0, 0.05) is 11.8 Å². The molecule has 1 rings (SSSR count). The van der Waals surface area contributed by atoms with Gasteiger partial charge in [0.15, 0.2) is 5.41 Å². The molecule has 22 heavy (non-hydrogen) atoms. The maximum Gasteiger partial charge on any atom is 0.402 e. The smallest absolute Gasteiger partial charge is 0.206 e. The van der Waals surface area contributed by atoms with Gasteiger partial charge in [0.2, 0.25) is 0 Å². The predicted octanol–water partition coefficient (Wildman–Crippen LogP) is 6.22. The Balaban J connectivity index is 3.02. The Labute approximate surface area is 124 Å². The van der Waals surface area contributed by atoms with Crippen molar-refractivity contribution in [3.63, 3.8) is 0 Å². The average molecular weight is 340 g/mol. The lowest BCUT2D eigenvalue weighted by Crippen LogP contribution is -2.50. The number of hydrogen-bond acceptors (Lipinski definition) is 0. The molecule has 0 bridgehead atoms. The molecule has 0 heterocycles. The summed E-state index contributed by atoms with van der Waals surface area (Å²) in [5, 5.41) is 0. The van der Waals surface area contributed by atoms with Gasteiger partial charge < -0.3 is 0 Å². The molecular weight excluding hydrogens is 320 g/mol. The quantitative estimate of drug-likeness (QED) is 0.535. The molecule has 0 N–H and O–H groups in total. The van der Waals surface area contributed by atoms with E-state index >= 15 is 0 Å². The Morgan fingerprint density at radius 3 is 1.77 bits per heavy atom. The molecule has 0 aliphatic heterocycles. The first-order valence-electron chi connectivity index (χ1n) is 7.18. The van der Waals surface area contributed by atoms with Crippen LogP contribution in [-0.2, 0) is 0 Å². The highest BCUT2D eigenvalue weighted by Crippen LogP contribution is 2.57. The SMILES string of the molecule is CCC1CC(CC(C)(C(F)(F)F)C(F)(F)F)CC(C)C1(F)F.